The predicted octanol–water partition coefficient (Wildman–Crippen LogP) is 1.76. The number of nitrogens with zero attached hydrogens (tertiary/aromatic N) is 1. The van der Waals surface area contributed by atoms with Crippen molar-refractivity contribution in [2.24, 2.45) is 0 Å². The van der Waals surface area contributed by atoms with E-state index in [0.717, 1.165) is 15.6 Å². The van der Waals surface area contributed by atoms with Crippen molar-refractivity contribution in [3.05, 3.63) is 32.9 Å². The minimum absolute atomic E-state index is 0.00496. The van der Waals surface area contributed by atoms with Gasteiger partial charge in [0, 0.05) is 22.2 Å². The Kier molecular flexibility index (Phi) is 3.66. The molecule has 5 heteroatoms. The van der Waals surface area contributed by atoms with Crippen LogP contribution >= 0.6 is 22.6 Å². The van der Waals surface area contributed by atoms with E-state index in [0.29, 0.717) is 18.7 Å². The summed E-state index contributed by atoms with van der Waals surface area (Å²) in [7, 11) is 0. The van der Waals surface area contributed by atoms with Gasteiger partial charge in [0.25, 0.3) is 5.91 Å². The lowest BCUT2D eigenvalue weighted by molar-refractivity contribution is -0.137. The average Bonchev–Trinajstić information content (AvgIpc) is 2.29. The molecule has 0 saturated carbocycles. The van der Waals surface area contributed by atoms with E-state index in [-0.39, 0.29) is 12.3 Å². The van der Waals surface area contributed by atoms with E-state index in [1.807, 2.05) is 18.2 Å². The molecule has 1 N–H and O–H groups in total. The summed E-state index contributed by atoms with van der Waals surface area (Å²) in [5.41, 5.74) is 1.77. The first-order valence-corrected chi connectivity index (χ1v) is 6.45. The molecule has 4 nitrogen and oxygen atoms in total. The highest BCUT2D eigenvalue weighted by Gasteiger charge is 2.24. The summed E-state index contributed by atoms with van der Waals surface area (Å²) in [6.45, 7) is 0.902. The summed E-state index contributed by atoms with van der Waals surface area (Å²) in [5, 5.41) is 8.63. The molecule has 1 aromatic rings. The highest BCUT2D eigenvalue weighted by molar-refractivity contribution is 14.1. The van der Waals surface area contributed by atoms with Gasteiger partial charge < -0.3 is 10.0 Å². The van der Waals surface area contributed by atoms with Gasteiger partial charge >= 0.3 is 5.97 Å². The number of carbonyl (C=O) groups excluding carboxylic acids is 1. The largest absolute Gasteiger partial charge is 0.481 e. The summed E-state index contributed by atoms with van der Waals surface area (Å²) in [4.78, 5) is 24.2. The van der Waals surface area contributed by atoms with Gasteiger partial charge in [-0.05, 0) is 46.7 Å². The van der Waals surface area contributed by atoms with Gasteiger partial charge in [-0.2, -0.15) is 0 Å². The number of halogens is 1. The van der Waals surface area contributed by atoms with Crippen molar-refractivity contribution < 1.29 is 14.7 Å². The van der Waals surface area contributed by atoms with Crippen LogP contribution in [0.1, 0.15) is 22.3 Å². The number of benzene rings is 1. The first kappa shape index (κ1) is 12.3. The Bertz CT molecular complexity index is 473. The van der Waals surface area contributed by atoms with Crippen LogP contribution in [0.2, 0.25) is 0 Å². The third-order valence-electron chi connectivity index (χ3n) is 2.84. The molecule has 90 valence electrons. The highest BCUT2D eigenvalue weighted by atomic mass is 127. The second-order valence-electron chi connectivity index (χ2n) is 3.99. The van der Waals surface area contributed by atoms with Gasteiger partial charge in [-0.25, -0.2) is 0 Å². The van der Waals surface area contributed by atoms with E-state index in [2.05, 4.69) is 22.6 Å². The van der Waals surface area contributed by atoms with Crippen molar-refractivity contribution in [3.8, 4) is 0 Å². The molecule has 0 saturated heterocycles. The number of hydrogen-bond acceptors (Lipinski definition) is 2. The van der Waals surface area contributed by atoms with Gasteiger partial charge in [-0.3, -0.25) is 9.59 Å². The normalized spacial score (nSPS) is 14.6. The van der Waals surface area contributed by atoms with Crippen molar-refractivity contribution in [1.29, 1.82) is 0 Å². The number of fused-ring (bicyclic) bond motifs is 1. The number of amides is 1. The molecule has 1 aliphatic rings. The second kappa shape index (κ2) is 5.03. The molecular formula is C12H12INO3. The van der Waals surface area contributed by atoms with E-state index >= 15 is 0 Å². The van der Waals surface area contributed by atoms with Crippen LogP contribution in [-0.2, 0) is 11.2 Å². The van der Waals surface area contributed by atoms with E-state index in [4.69, 9.17) is 5.11 Å². The number of carboxylic acids is 1. The zero-order valence-corrected chi connectivity index (χ0v) is 11.3. The van der Waals surface area contributed by atoms with Crippen LogP contribution in [-0.4, -0.2) is 35.0 Å². The molecule has 0 aromatic heterocycles. The van der Waals surface area contributed by atoms with Crippen LogP contribution in [0.25, 0.3) is 0 Å². The van der Waals surface area contributed by atoms with Crippen LogP contribution < -0.4 is 0 Å². The van der Waals surface area contributed by atoms with Crippen LogP contribution in [0.4, 0.5) is 0 Å². The highest BCUT2D eigenvalue weighted by Crippen LogP contribution is 2.21. The van der Waals surface area contributed by atoms with Crippen molar-refractivity contribution >= 4 is 34.5 Å². The second-order valence-corrected chi connectivity index (χ2v) is 5.23. The summed E-state index contributed by atoms with van der Waals surface area (Å²) in [5.74, 6) is -0.919. The molecule has 0 unspecified atom stereocenters. The van der Waals surface area contributed by atoms with Crippen molar-refractivity contribution in [1.82, 2.24) is 4.90 Å². The molecule has 1 aromatic carbocycles. The summed E-state index contributed by atoms with van der Waals surface area (Å²) in [6.07, 6.45) is 0.808. The number of rotatable bonds is 3. The van der Waals surface area contributed by atoms with Gasteiger partial charge in [0.2, 0.25) is 0 Å². The summed E-state index contributed by atoms with van der Waals surface area (Å²) in [6, 6.07) is 5.83. The fourth-order valence-corrected chi connectivity index (χ4v) is 2.43. The smallest absolute Gasteiger partial charge is 0.305 e. The monoisotopic (exact) mass is 345 g/mol. The number of aliphatic carboxylic acids is 1. The molecular weight excluding hydrogens is 333 g/mol. The van der Waals surface area contributed by atoms with E-state index in [1.165, 1.54) is 0 Å². The Morgan fingerprint density at radius 3 is 2.94 bits per heavy atom. The van der Waals surface area contributed by atoms with Gasteiger partial charge in [0.05, 0.1) is 6.42 Å². The zero-order chi connectivity index (χ0) is 12.4. The lowest BCUT2D eigenvalue weighted by Crippen LogP contribution is -2.38. The molecule has 1 heterocycles. The van der Waals surface area contributed by atoms with Gasteiger partial charge in [-0.1, -0.05) is 6.07 Å². The molecule has 0 atom stereocenters. The minimum Gasteiger partial charge on any atom is -0.481 e. The minimum atomic E-state index is -0.869. The number of carboxylic acid groups (broad SMARTS) is 1. The van der Waals surface area contributed by atoms with Crippen LogP contribution in [0, 0.1) is 3.57 Å². The Balaban J connectivity index is 2.17. The third-order valence-corrected chi connectivity index (χ3v) is 3.51. The summed E-state index contributed by atoms with van der Waals surface area (Å²) >= 11 is 2.17. The maximum atomic E-state index is 12.1. The Hall–Kier alpha value is -1.11. The van der Waals surface area contributed by atoms with E-state index in [1.54, 1.807) is 4.90 Å². The average molecular weight is 345 g/mol. The molecule has 1 aliphatic heterocycles. The van der Waals surface area contributed by atoms with E-state index < -0.39 is 5.97 Å². The number of carbonyl (C=O) groups is 2. The predicted molar refractivity (Wildman–Crippen MR) is 71.0 cm³/mol. The SMILES string of the molecule is O=C(O)CCN1CCc2ccc(I)cc2C1=O. The van der Waals surface area contributed by atoms with Crippen molar-refractivity contribution in [3.63, 3.8) is 0 Å². The first-order valence-electron chi connectivity index (χ1n) is 5.37. The lowest BCUT2D eigenvalue weighted by atomic mass is 9.99. The molecule has 17 heavy (non-hydrogen) atoms. The fourth-order valence-electron chi connectivity index (χ4n) is 1.94. The van der Waals surface area contributed by atoms with Crippen LogP contribution in [0.5, 0.6) is 0 Å². The fraction of sp³-hybridized carbons (Fsp3) is 0.333. The molecule has 2 rings (SSSR count). The quantitative estimate of drug-likeness (QED) is 0.850. The van der Waals surface area contributed by atoms with Gasteiger partial charge in [0.1, 0.15) is 0 Å². The zero-order valence-electron chi connectivity index (χ0n) is 9.15. The van der Waals surface area contributed by atoms with Crippen molar-refractivity contribution in [2.75, 3.05) is 13.1 Å². The number of hydrogen-bond donors (Lipinski definition) is 1. The van der Waals surface area contributed by atoms with Crippen LogP contribution in [0.3, 0.4) is 0 Å². The van der Waals surface area contributed by atoms with Gasteiger partial charge in [0.15, 0.2) is 0 Å². The van der Waals surface area contributed by atoms with Crippen molar-refractivity contribution in [2.45, 2.75) is 12.8 Å². The molecule has 0 radical (unpaired) electrons. The molecule has 1 amide bonds. The molecule has 0 spiro atoms. The Morgan fingerprint density at radius 1 is 1.47 bits per heavy atom. The maximum Gasteiger partial charge on any atom is 0.305 e. The topological polar surface area (TPSA) is 57.6 Å². The molecule has 0 fully saturated rings. The standard InChI is InChI=1S/C12H12INO3/c13-9-2-1-8-3-5-14(6-4-11(15)16)12(17)10(8)7-9/h1-2,7H,3-6H2,(H,15,16). The maximum absolute atomic E-state index is 12.1. The first-order chi connectivity index (χ1) is 8.08. The molecule has 0 bridgehead atoms. The van der Waals surface area contributed by atoms with Gasteiger partial charge in [-0.15, -0.1) is 0 Å². The summed E-state index contributed by atoms with van der Waals surface area (Å²) < 4.78 is 1.02. The Labute approximate surface area is 113 Å². The lowest BCUT2D eigenvalue weighted by Gasteiger charge is -2.28. The van der Waals surface area contributed by atoms with E-state index in [9.17, 15) is 9.59 Å². The molecule has 0 aliphatic carbocycles. The van der Waals surface area contributed by atoms with Crippen LogP contribution in [0.15, 0.2) is 18.2 Å². The third kappa shape index (κ3) is 2.77. The Morgan fingerprint density at radius 2 is 2.24 bits per heavy atom.